The topological polar surface area (TPSA) is 43.1 Å². The van der Waals surface area contributed by atoms with Crippen molar-refractivity contribution < 1.29 is 4.39 Å². The van der Waals surface area contributed by atoms with E-state index in [0.29, 0.717) is 5.78 Å². The molecule has 112 valence electrons. The van der Waals surface area contributed by atoms with Gasteiger partial charge in [-0.2, -0.15) is 14.6 Å². The summed E-state index contributed by atoms with van der Waals surface area (Å²) in [6.45, 7) is 2.04. The molecule has 0 saturated carbocycles. The molecule has 0 fully saturated rings. The van der Waals surface area contributed by atoms with E-state index in [0.717, 1.165) is 22.5 Å². The Morgan fingerprint density at radius 2 is 1.61 bits per heavy atom. The lowest BCUT2D eigenvalue weighted by molar-refractivity contribution is 0.628. The minimum absolute atomic E-state index is 0.267. The van der Waals surface area contributed by atoms with Gasteiger partial charge in [-0.1, -0.05) is 29.8 Å². The number of nitrogens with zero attached hydrogens (tertiary/aromatic N) is 4. The molecule has 2 aromatic heterocycles. The van der Waals surface area contributed by atoms with E-state index in [2.05, 4.69) is 15.1 Å². The van der Waals surface area contributed by atoms with Crippen LogP contribution in [0.4, 0.5) is 4.39 Å². The molecule has 4 aromatic rings. The largest absolute Gasteiger partial charge is 0.253 e. The van der Waals surface area contributed by atoms with Crippen LogP contribution in [0.1, 0.15) is 5.56 Å². The standard InChI is InChI=1S/C18H13FN4/c1-12-2-4-13(5-3-12)16-10-17(14-6-8-15(19)9-7-14)23-18(22-16)20-11-21-23/h2-11H,1H3. The number of aromatic nitrogens is 4. The Kier molecular flexibility index (Phi) is 3.12. The number of rotatable bonds is 2. The summed E-state index contributed by atoms with van der Waals surface area (Å²) in [5, 5.41) is 4.22. The van der Waals surface area contributed by atoms with Crippen molar-refractivity contribution in [2.75, 3.05) is 0 Å². The van der Waals surface area contributed by atoms with Gasteiger partial charge in [0.05, 0.1) is 11.4 Å². The predicted molar refractivity (Wildman–Crippen MR) is 86.3 cm³/mol. The molecule has 0 radical (unpaired) electrons. The Morgan fingerprint density at radius 3 is 2.35 bits per heavy atom. The van der Waals surface area contributed by atoms with Crippen molar-refractivity contribution in [1.82, 2.24) is 19.6 Å². The highest BCUT2D eigenvalue weighted by Gasteiger charge is 2.11. The van der Waals surface area contributed by atoms with Gasteiger partial charge in [0.1, 0.15) is 12.1 Å². The monoisotopic (exact) mass is 304 g/mol. The van der Waals surface area contributed by atoms with Crippen LogP contribution < -0.4 is 0 Å². The highest BCUT2D eigenvalue weighted by Crippen LogP contribution is 2.25. The Balaban J connectivity index is 1.94. The maximum absolute atomic E-state index is 13.2. The van der Waals surface area contributed by atoms with Crippen LogP contribution in [-0.4, -0.2) is 19.6 Å². The average molecular weight is 304 g/mol. The number of fused-ring (bicyclic) bond motifs is 1. The van der Waals surface area contributed by atoms with Crippen LogP contribution in [0.5, 0.6) is 0 Å². The molecule has 2 aromatic carbocycles. The van der Waals surface area contributed by atoms with Gasteiger partial charge in [0, 0.05) is 11.1 Å². The second-order valence-corrected chi connectivity index (χ2v) is 5.37. The maximum Gasteiger partial charge on any atom is 0.253 e. The average Bonchev–Trinajstić information content (AvgIpc) is 3.04. The molecule has 0 aliphatic carbocycles. The van der Waals surface area contributed by atoms with Crippen LogP contribution in [0.25, 0.3) is 28.3 Å². The van der Waals surface area contributed by atoms with E-state index < -0.39 is 0 Å². The summed E-state index contributed by atoms with van der Waals surface area (Å²) in [5.74, 6) is 0.249. The van der Waals surface area contributed by atoms with Crippen molar-refractivity contribution in [3.63, 3.8) is 0 Å². The van der Waals surface area contributed by atoms with Crippen LogP contribution in [-0.2, 0) is 0 Å². The molecule has 23 heavy (non-hydrogen) atoms. The van der Waals surface area contributed by atoms with Crippen molar-refractivity contribution in [3.05, 3.63) is 72.3 Å². The van der Waals surface area contributed by atoms with Crippen LogP contribution >= 0.6 is 0 Å². The van der Waals surface area contributed by atoms with Gasteiger partial charge in [-0.25, -0.2) is 9.37 Å². The molecule has 2 heterocycles. The zero-order valence-electron chi connectivity index (χ0n) is 12.4. The van der Waals surface area contributed by atoms with E-state index in [9.17, 15) is 4.39 Å². The summed E-state index contributed by atoms with van der Waals surface area (Å²) in [4.78, 5) is 8.75. The number of halogens is 1. The lowest BCUT2D eigenvalue weighted by Crippen LogP contribution is -1.99. The van der Waals surface area contributed by atoms with Crippen LogP contribution in [0.15, 0.2) is 60.9 Å². The summed E-state index contributed by atoms with van der Waals surface area (Å²) in [6, 6.07) is 16.4. The fourth-order valence-corrected chi connectivity index (χ4v) is 2.51. The first-order chi connectivity index (χ1) is 11.2. The summed E-state index contributed by atoms with van der Waals surface area (Å²) in [7, 11) is 0. The molecule has 0 unspecified atom stereocenters. The minimum atomic E-state index is -0.267. The van der Waals surface area contributed by atoms with Gasteiger partial charge < -0.3 is 0 Å². The van der Waals surface area contributed by atoms with Crippen molar-refractivity contribution >= 4 is 5.78 Å². The molecular weight excluding hydrogens is 291 g/mol. The van der Waals surface area contributed by atoms with Gasteiger partial charge >= 0.3 is 0 Å². The van der Waals surface area contributed by atoms with Gasteiger partial charge in [0.15, 0.2) is 0 Å². The first-order valence-electron chi connectivity index (χ1n) is 7.24. The summed E-state index contributed by atoms with van der Waals surface area (Å²) in [6.07, 6.45) is 1.47. The fourth-order valence-electron chi connectivity index (χ4n) is 2.51. The Bertz CT molecular complexity index is 972. The molecule has 0 aliphatic heterocycles. The van der Waals surface area contributed by atoms with Gasteiger partial charge in [-0.05, 0) is 37.3 Å². The quantitative estimate of drug-likeness (QED) is 0.564. The number of benzene rings is 2. The Morgan fingerprint density at radius 1 is 0.913 bits per heavy atom. The molecule has 0 amide bonds. The third-order valence-corrected chi connectivity index (χ3v) is 3.74. The molecule has 0 saturated heterocycles. The zero-order chi connectivity index (χ0) is 15.8. The van der Waals surface area contributed by atoms with Gasteiger partial charge in [-0.3, -0.25) is 0 Å². The van der Waals surface area contributed by atoms with Crippen molar-refractivity contribution in [1.29, 1.82) is 0 Å². The van der Waals surface area contributed by atoms with Crippen molar-refractivity contribution in [2.24, 2.45) is 0 Å². The van der Waals surface area contributed by atoms with Gasteiger partial charge in [0.25, 0.3) is 5.78 Å². The summed E-state index contributed by atoms with van der Waals surface area (Å²) < 4.78 is 14.8. The van der Waals surface area contributed by atoms with Crippen LogP contribution in [0, 0.1) is 12.7 Å². The second kappa shape index (κ2) is 5.28. The van der Waals surface area contributed by atoms with E-state index in [1.807, 2.05) is 37.3 Å². The lowest BCUT2D eigenvalue weighted by Gasteiger charge is -2.08. The molecule has 0 aliphatic rings. The fraction of sp³-hybridized carbons (Fsp3) is 0.0556. The summed E-state index contributed by atoms with van der Waals surface area (Å²) >= 11 is 0. The van der Waals surface area contributed by atoms with E-state index in [4.69, 9.17) is 0 Å². The lowest BCUT2D eigenvalue weighted by atomic mass is 10.1. The predicted octanol–water partition coefficient (Wildman–Crippen LogP) is 3.91. The number of hydrogen-bond donors (Lipinski definition) is 0. The smallest absolute Gasteiger partial charge is 0.211 e. The SMILES string of the molecule is Cc1ccc(-c2cc(-c3ccc(F)cc3)n3ncnc3n2)cc1. The Hall–Kier alpha value is -3.08. The molecule has 5 heteroatoms. The second-order valence-electron chi connectivity index (χ2n) is 5.37. The van der Waals surface area contributed by atoms with E-state index in [1.165, 1.54) is 24.0 Å². The third kappa shape index (κ3) is 2.46. The molecular formula is C18H13FN4. The minimum Gasteiger partial charge on any atom is -0.211 e. The van der Waals surface area contributed by atoms with E-state index in [-0.39, 0.29) is 5.82 Å². The number of hydrogen-bond acceptors (Lipinski definition) is 3. The van der Waals surface area contributed by atoms with E-state index in [1.54, 1.807) is 16.6 Å². The normalized spacial score (nSPS) is 11.0. The maximum atomic E-state index is 13.2. The van der Waals surface area contributed by atoms with Crippen LogP contribution in [0.2, 0.25) is 0 Å². The highest BCUT2D eigenvalue weighted by atomic mass is 19.1. The highest BCUT2D eigenvalue weighted by molar-refractivity contribution is 5.70. The van der Waals surface area contributed by atoms with Crippen molar-refractivity contribution in [2.45, 2.75) is 6.92 Å². The molecule has 0 bridgehead atoms. The first-order valence-corrected chi connectivity index (χ1v) is 7.24. The first kappa shape index (κ1) is 13.6. The molecule has 0 spiro atoms. The third-order valence-electron chi connectivity index (χ3n) is 3.74. The number of aryl methyl sites for hydroxylation is 1. The van der Waals surface area contributed by atoms with Crippen molar-refractivity contribution in [3.8, 4) is 22.5 Å². The molecule has 4 nitrogen and oxygen atoms in total. The molecule has 0 N–H and O–H groups in total. The summed E-state index contributed by atoms with van der Waals surface area (Å²) in [5.41, 5.74) is 4.69. The Labute approximate surface area is 132 Å². The van der Waals surface area contributed by atoms with Gasteiger partial charge in [-0.15, -0.1) is 0 Å². The van der Waals surface area contributed by atoms with E-state index >= 15 is 0 Å². The zero-order valence-corrected chi connectivity index (χ0v) is 12.4. The van der Waals surface area contributed by atoms with Gasteiger partial charge in [0.2, 0.25) is 0 Å². The van der Waals surface area contributed by atoms with Crippen LogP contribution in [0.3, 0.4) is 0 Å². The molecule has 0 atom stereocenters. The molecule has 4 rings (SSSR count).